The molecule has 0 spiro atoms. The third-order valence-corrected chi connectivity index (χ3v) is 4.87. The van der Waals surface area contributed by atoms with Crippen LogP contribution in [0.5, 0.6) is 0 Å². The lowest BCUT2D eigenvalue weighted by atomic mass is 10.1. The van der Waals surface area contributed by atoms with Crippen LogP contribution in [0.1, 0.15) is 23.1 Å². The van der Waals surface area contributed by atoms with Crippen molar-refractivity contribution in [1.29, 1.82) is 5.26 Å². The molecular weight excluding hydrogens is 402 g/mol. The highest BCUT2D eigenvalue weighted by molar-refractivity contribution is 7.80. The average molecular weight is 424 g/mol. The van der Waals surface area contributed by atoms with E-state index in [0.717, 1.165) is 34.1 Å². The number of aromatic nitrogens is 1. The number of anilines is 2. The second-order valence-electron chi connectivity index (χ2n) is 6.82. The molecule has 0 saturated carbocycles. The van der Waals surface area contributed by atoms with E-state index in [1.54, 1.807) is 0 Å². The van der Waals surface area contributed by atoms with Crippen molar-refractivity contribution in [2.45, 2.75) is 20.3 Å². The van der Waals surface area contributed by atoms with Gasteiger partial charge in [0, 0.05) is 29.2 Å². The van der Waals surface area contributed by atoms with E-state index in [0.29, 0.717) is 34.6 Å². The van der Waals surface area contributed by atoms with Gasteiger partial charge in [0.2, 0.25) is 0 Å². The Kier molecular flexibility index (Phi) is 6.86. The molecule has 0 saturated heterocycles. The summed E-state index contributed by atoms with van der Waals surface area (Å²) in [5.41, 5.74) is 4.58. The maximum absolute atomic E-state index is 9.47. The Balaban J connectivity index is 1.53. The van der Waals surface area contributed by atoms with Crippen LogP contribution < -0.4 is 16.0 Å². The van der Waals surface area contributed by atoms with Crippen molar-refractivity contribution in [3.05, 3.63) is 64.2 Å². The van der Waals surface area contributed by atoms with Crippen molar-refractivity contribution >= 4 is 51.3 Å². The van der Waals surface area contributed by atoms with Gasteiger partial charge in [-0.2, -0.15) is 5.26 Å². The molecule has 3 N–H and O–H groups in total. The minimum Gasteiger partial charge on any atom is -0.369 e. The highest BCUT2D eigenvalue weighted by Gasteiger charge is 2.09. The molecular formula is C22H22ClN5S. The lowest BCUT2D eigenvalue weighted by molar-refractivity contribution is 0.807. The van der Waals surface area contributed by atoms with Crippen LogP contribution in [0.15, 0.2) is 42.5 Å². The Morgan fingerprint density at radius 2 is 2.00 bits per heavy atom. The Morgan fingerprint density at radius 3 is 2.76 bits per heavy atom. The van der Waals surface area contributed by atoms with Crippen LogP contribution in [0, 0.1) is 25.2 Å². The molecule has 3 rings (SSSR count). The van der Waals surface area contributed by atoms with E-state index < -0.39 is 0 Å². The number of thiocarbonyl (C=S) groups is 1. The molecule has 0 fully saturated rings. The number of hydrogen-bond acceptors (Lipinski definition) is 4. The maximum Gasteiger partial charge on any atom is 0.170 e. The molecule has 2 aromatic carbocycles. The van der Waals surface area contributed by atoms with Gasteiger partial charge in [0.25, 0.3) is 0 Å². The molecule has 1 aromatic heterocycles. The zero-order valence-electron chi connectivity index (χ0n) is 16.3. The highest BCUT2D eigenvalue weighted by atomic mass is 35.5. The number of pyridine rings is 1. The fourth-order valence-electron chi connectivity index (χ4n) is 3.11. The van der Waals surface area contributed by atoms with Crippen molar-refractivity contribution in [3.8, 4) is 6.07 Å². The van der Waals surface area contributed by atoms with Gasteiger partial charge < -0.3 is 16.0 Å². The molecule has 0 bridgehead atoms. The minimum atomic E-state index is 0.541. The number of nitriles is 1. The normalized spacial score (nSPS) is 10.4. The monoisotopic (exact) mass is 423 g/mol. The van der Waals surface area contributed by atoms with Gasteiger partial charge in [0.15, 0.2) is 5.11 Å². The fraction of sp³-hybridized carbons (Fsp3) is 0.227. The standard InChI is InChI=1S/C22H22ClN5S/c1-14-9-15(2)20-16(10-14)11-17(13-24)21(28-20)25-7-4-8-26-22(29)27-19-6-3-5-18(23)12-19/h3,5-6,9-12H,4,7-8H2,1-2H3,(H,25,28)(H2,26,27,29). The molecule has 0 unspecified atom stereocenters. The SMILES string of the molecule is Cc1cc(C)c2nc(NCCCNC(=S)Nc3cccc(Cl)c3)c(C#N)cc2c1. The first-order valence-corrected chi connectivity index (χ1v) is 10.1. The van der Waals surface area contributed by atoms with Gasteiger partial charge in [-0.05, 0) is 68.4 Å². The first kappa shape index (κ1) is 20.8. The molecule has 148 valence electrons. The molecule has 7 heteroatoms. The molecule has 1 heterocycles. The smallest absolute Gasteiger partial charge is 0.170 e. The molecule has 0 aliphatic carbocycles. The molecule has 0 aliphatic rings. The quantitative estimate of drug-likeness (QED) is 0.375. The third kappa shape index (κ3) is 5.57. The fourth-order valence-corrected chi connectivity index (χ4v) is 3.52. The summed E-state index contributed by atoms with van der Waals surface area (Å²) in [5.74, 6) is 0.617. The van der Waals surface area contributed by atoms with Crippen LogP contribution in [-0.2, 0) is 0 Å². The van der Waals surface area contributed by atoms with E-state index in [4.69, 9.17) is 23.8 Å². The van der Waals surface area contributed by atoms with Gasteiger partial charge in [-0.1, -0.05) is 29.3 Å². The van der Waals surface area contributed by atoms with E-state index in [1.807, 2.05) is 44.2 Å². The van der Waals surface area contributed by atoms with Crippen LogP contribution in [0.4, 0.5) is 11.5 Å². The minimum absolute atomic E-state index is 0.541. The van der Waals surface area contributed by atoms with Crippen LogP contribution >= 0.6 is 23.8 Å². The van der Waals surface area contributed by atoms with E-state index in [9.17, 15) is 5.26 Å². The number of rotatable bonds is 6. The van der Waals surface area contributed by atoms with E-state index in [-0.39, 0.29) is 0 Å². The number of aryl methyl sites for hydroxylation is 2. The molecule has 0 atom stereocenters. The molecule has 29 heavy (non-hydrogen) atoms. The van der Waals surface area contributed by atoms with Gasteiger partial charge in [-0.15, -0.1) is 0 Å². The van der Waals surface area contributed by atoms with Crippen LogP contribution in [0.2, 0.25) is 5.02 Å². The second-order valence-corrected chi connectivity index (χ2v) is 7.67. The predicted molar refractivity (Wildman–Crippen MR) is 125 cm³/mol. The van der Waals surface area contributed by atoms with Crippen molar-refractivity contribution < 1.29 is 0 Å². The van der Waals surface area contributed by atoms with E-state index >= 15 is 0 Å². The van der Waals surface area contributed by atoms with Gasteiger partial charge in [0.1, 0.15) is 11.9 Å². The lowest BCUT2D eigenvalue weighted by Gasteiger charge is -2.12. The number of fused-ring (bicyclic) bond motifs is 1. The number of nitrogens with zero attached hydrogens (tertiary/aromatic N) is 2. The first-order valence-electron chi connectivity index (χ1n) is 9.32. The third-order valence-electron chi connectivity index (χ3n) is 4.39. The van der Waals surface area contributed by atoms with Gasteiger partial charge >= 0.3 is 0 Å². The van der Waals surface area contributed by atoms with E-state index in [2.05, 4.69) is 39.1 Å². The van der Waals surface area contributed by atoms with Crippen LogP contribution in [-0.4, -0.2) is 23.2 Å². The summed E-state index contributed by atoms with van der Waals surface area (Å²) < 4.78 is 0. The summed E-state index contributed by atoms with van der Waals surface area (Å²) in [6.45, 7) is 5.44. The van der Waals surface area contributed by atoms with Crippen LogP contribution in [0.3, 0.4) is 0 Å². The molecule has 0 amide bonds. The Morgan fingerprint density at radius 1 is 1.17 bits per heavy atom. The van der Waals surface area contributed by atoms with E-state index in [1.165, 1.54) is 0 Å². The molecule has 5 nitrogen and oxygen atoms in total. The Bertz CT molecular complexity index is 1090. The molecule has 0 radical (unpaired) electrons. The summed E-state index contributed by atoms with van der Waals surface area (Å²) in [4.78, 5) is 4.68. The number of hydrogen-bond donors (Lipinski definition) is 3. The van der Waals surface area contributed by atoms with Gasteiger partial charge in [0.05, 0.1) is 11.1 Å². The summed E-state index contributed by atoms with van der Waals surface area (Å²) >= 11 is 11.3. The lowest BCUT2D eigenvalue weighted by Crippen LogP contribution is -2.30. The Labute approximate surface area is 181 Å². The zero-order chi connectivity index (χ0) is 20.8. The predicted octanol–water partition coefficient (Wildman–Crippen LogP) is 5.17. The highest BCUT2D eigenvalue weighted by Crippen LogP contribution is 2.24. The zero-order valence-corrected chi connectivity index (χ0v) is 17.9. The van der Waals surface area contributed by atoms with Crippen molar-refractivity contribution in [2.24, 2.45) is 0 Å². The summed E-state index contributed by atoms with van der Waals surface area (Å²) in [6, 6.07) is 15.7. The number of benzene rings is 2. The van der Waals surface area contributed by atoms with Gasteiger partial charge in [-0.3, -0.25) is 0 Å². The van der Waals surface area contributed by atoms with Crippen molar-refractivity contribution in [3.63, 3.8) is 0 Å². The largest absolute Gasteiger partial charge is 0.369 e. The first-order chi connectivity index (χ1) is 14.0. The van der Waals surface area contributed by atoms with Crippen LogP contribution in [0.25, 0.3) is 10.9 Å². The average Bonchev–Trinajstić information content (AvgIpc) is 2.67. The van der Waals surface area contributed by atoms with Gasteiger partial charge in [-0.25, -0.2) is 4.98 Å². The second kappa shape index (κ2) is 9.55. The summed E-state index contributed by atoms with van der Waals surface area (Å²) in [7, 11) is 0. The number of nitrogens with one attached hydrogen (secondary N) is 3. The Hall–Kier alpha value is -2.88. The molecule has 0 aliphatic heterocycles. The topological polar surface area (TPSA) is 72.8 Å². The maximum atomic E-state index is 9.47. The summed E-state index contributed by atoms with van der Waals surface area (Å²) in [6.07, 6.45) is 0.814. The molecule has 3 aromatic rings. The van der Waals surface area contributed by atoms with Crippen molar-refractivity contribution in [1.82, 2.24) is 10.3 Å². The number of halogens is 1. The van der Waals surface area contributed by atoms with Crippen molar-refractivity contribution in [2.75, 3.05) is 23.7 Å². The summed E-state index contributed by atoms with van der Waals surface area (Å²) in [5, 5.41) is 21.2.